The van der Waals surface area contributed by atoms with Gasteiger partial charge in [0.2, 0.25) is 5.95 Å². The molecular formula is C12H14BrN5. The van der Waals surface area contributed by atoms with Crippen LogP contribution in [0.5, 0.6) is 0 Å². The lowest BCUT2D eigenvalue weighted by atomic mass is 10.0. The number of aromatic nitrogens is 3. The van der Waals surface area contributed by atoms with Crippen LogP contribution in [0, 0.1) is 11.8 Å². The Kier molecular flexibility index (Phi) is 2.35. The topological polar surface area (TPSA) is 45.5 Å². The molecule has 0 unspecified atom stereocenters. The van der Waals surface area contributed by atoms with E-state index < -0.39 is 0 Å². The van der Waals surface area contributed by atoms with Gasteiger partial charge in [-0.05, 0) is 39.9 Å². The number of hydrogen-bond donors (Lipinski definition) is 1. The maximum atomic E-state index is 4.60. The Balaban J connectivity index is 1.67. The van der Waals surface area contributed by atoms with E-state index in [0.29, 0.717) is 0 Å². The largest absolute Gasteiger partial charge is 0.339 e. The van der Waals surface area contributed by atoms with E-state index >= 15 is 0 Å². The minimum atomic E-state index is 0.767. The van der Waals surface area contributed by atoms with Gasteiger partial charge in [-0.1, -0.05) is 0 Å². The van der Waals surface area contributed by atoms with Crippen molar-refractivity contribution in [3.8, 4) is 0 Å². The molecule has 94 valence electrons. The maximum absolute atomic E-state index is 4.60. The molecule has 2 saturated heterocycles. The molecule has 2 aliphatic heterocycles. The zero-order valence-corrected chi connectivity index (χ0v) is 11.5. The van der Waals surface area contributed by atoms with Crippen LogP contribution in [0.1, 0.15) is 0 Å². The minimum Gasteiger partial charge on any atom is -0.339 e. The van der Waals surface area contributed by atoms with Crippen LogP contribution >= 0.6 is 15.9 Å². The summed E-state index contributed by atoms with van der Waals surface area (Å²) >= 11 is 3.45. The molecule has 1 N–H and O–H groups in total. The monoisotopic (exact) mass is 307 g/mol. The predicted octanol–water partition coefficient (Wildman–Crippen LogP) is 1.15. The number of anilines is 1. The Bertz CT molecular complexity index is 583. The number of nitrogens with one attached hydrogen (secondary N) is 1. The van der Waals surface area contributed by atoms with E-state index in [-0.39, 0.29) is 0 Å². The predicted molar refractivity (Wildman–Crippen MR) is 72.7 cm³/mol. The molecular weight excluding hydrogens is 294 g/mol. The summed E-state index contributed by atoms with van der Waals surface area (Å²) in [5.41, 5.74) is 0.906. The lowest BCUT2D eigenvalue weighted by Crippen LogP contribution is -2.26. The maximum Gasteiger partial charge on any atom is 0.245 e. The Labute approximate surface area is 113 Å². The fraction of sp³-hybridized carbons (Fsp3) is 0.500. The Morgan fingerprint density at radius 2 is 2.00 bits per heavy atom. The molecule has 0 spiro atoms. The van der Waals surface area contributed by atoms with Crippen LogP contribution in [-0.4, -0.2) is 40.8 Å². The van der Waals surface area contributed by atoms with Crippen molar-refractivity contribution in [2.24, 2.45) is 11.8 Å². The molecule has 0 amide bonds. The highest BCUT2D eigenvalue weighted by Gasteiger charge is 2.37. The summed E-state index contributed by atoms with van der Waals surface area (Å²) in [5.74, 6) is 2.40. The molecule has 0 aliphatic carbocycles. The Morgan fingerprint density at radius 3 is 2.78 bits per heavy atom. The van der Waals surface area contributed by atoms with Crippen molar-refractivity contribution in [2.75, 3.05) is 31.1 Å². The van der Waals surface area contributed by atoms with E-state index in [1.54, 1.807) is 0 Å². The Morgan fingerprint density at radius 1 is 1.22 bits per heavy atom. The van der Waals surface area contributed by atoms with Crippen LogP contribution < -0.4 is 10.2 Å². The third-order valence-electron chi connectivity index (χ3n) is 3.96. The molecule has 2 fully saturated rings. The second-order valence-electron chi connectivity index (χ2n) is 5.15. The van der Waals surface area contributed by atoms with Crippen molar-refractivity contribution >= 4 is 27.5 Å². The van der Waals surface area contributed by atoms with Gasteiger partial charge >= 0.3 is 0 Å². The van der Waals surface area contributed by atoms with Gasteiger partial charge in [-0.15, -0.1) is 5.10 Å². The van der Waals surface area contributed by atoms with Gasteiger partial charge < -0.3 is 10.2 Å². The first-order valence-electron chi connectivity index (χ1n) is 6.27. The van der Waals surface area contributed by atoms with Gasteiger partial charge in [0.1, 0.15) is 0 Å². The smallest absolute Gasteiger partial charge is 0.245 e. The third-order valence-corrected chi connectivity index (χ3v) is 4.43. The quantitative estimate of drug-likeness (QED) is 0.858. The number of fused-ring (bicyclic) bond motifs is 2. The van der Waals surface area contributed by atoms with Crippen molar-refractivity contribution in [1.29, 1.82) is 0 Å². The number of pyridine rings is 1. The number of nitrogens with zero attached hydrogens (tertiary/aromatic N) is 4. The minimum absolute atomic E-state index is 0.767. The van der Waals surface area contributed by atoms with Gasteiger partial charge in [-0.3, -0.25) is 0 Å². The van der Waals surface area contributed by atoms with Crippen LogP contribution in [0.15, 0.2) is 22.8 Å². The summed E-state index contributed by atoms with van der Waals surface area (Å²) in [6, 6.07) is 3.98. The lowest BCUT2D eigenvalue weighted by molar-refractivity contribution is 0.533. The van der Waals surface area contributed by atoms with E-state index in [2.05, 4.69) is 36.2 Å². The van der Waals surface area contributed by atoms with Crippen molar-refractivity contribution in [1.82, 2.24) is 19.9 Å². The van der Waals surface area contributed by atoms with Gasteiger partial charge in [-0.2, -0.15) is 4.98 Å². The molecule has 0 saturated carbocycles. The standard InChI is InChI=1S/C12H14BrN5/c13-10-1-2-11-15-12(16-18(11)7-10)17-5-8-3-14-4-9(8)6-17/h1-2,7-9,14H,3-6H2/t8-,9+. The van der Waals surface area contributed by atoms with Gasteiger partial charge in [-0.25, -0.2) is 4.52 Å². The van der Waals surface area contributed by atoms with E-state index in [4.69, 9.17) is 0 Å². The number of rotatable bonds is 1. The van der Waals surface area contributed by atoms with Gasteiger partial charge in [0.15, 0.2) is 5.65 Å². The van der Waals surface area contributed by atoms with E-state index in [0.717, 1.165) is 54.1 Å². The normalized spacial score (nSPS) is 27.1. The highest BCUT2D eigenvalue weighted by molar-refractivity contribution is 9.10. The van der Waals surface area contributed by atoms with E-state index in [1.807, 2.05) is 22.8 Å². The second-order valence-corrected chi connectivity index (χ2v) is 6.06. The van der Waals surface area contributed by atoms with E-state index in [9.17, 15) is 0 Å². The molecule has 6 heteroatoms. The van der Waals surface area contributed by atoms with Gasteiger partial charge in [0, 0.05) is 36.8 Å². The molecule has 18 heavy (non-hydrogen) atoms. The molecule has 0 aromatic carbocycles. The molecule has 2 aliphatic rings. The summed E-state index contributed by atoms with van der Waals surface area (Å²) in [4.78, 5) is 6.92. The zero-order chi connectivity index (χ0) is 12.1. The molecule has 4 heterocycles. The average Bonchev–Trinajstić information content (AvgIpc) is 2.99. The molecule has 0 bridgehead atoms. The molecule has 5 nitrogen and oxygen atoms in total. The van der Waals surface area contributed by atoms with Crippen molar-refractivity contribution in [3.05, 3.63) is 22.8 Å². The first kappa shape index (κ1) is 10.8. The molecule has 0 radical (unpaired) electrons. The molecule has 2 aromatic rings. The summed E-state index contributed by atoms with van der Waals surface area (Å²) in [6.45, 7) is 4.44. The van der Waals surface area contributed by atoms with Gasteiger partial charge in [0.05, 0.1) is 0 Å². The zero-order valence-electron chi connectivity index (χ0n) is 9.88. The van der Waals surface area contributed by atoms with Gasteiger partial charge in [0.25, 0.3) is 0 Å². The highest BCUT2D eigenvalue weighted by Crippen LogP contribution is 2.29. The average molecular weight is 308 g/mol. The molecule has 4 rings (SSSR count). The van der Waals surface area contributed by atoms with E-state index in [1.165, 1.54) is 0 Å². The molecule has 2 aromatic heterocycles. The highest BCUT2D eigenvalue weighted by atomic mass is 79.9. The summed E-state index contributed by atoms with van der Waals surface area (Å²) in [6.07, 6.45) is 1.95. The number of halogens is 1. The second kappa shape index (κ2) is 3.93. The van der Waals surface area contributed by atoms with Crippen LogP contribution in [0.25, 0.3) is 5.65 Å². The van der Waals surface area contributed by atoms with Crippen LogP contribution in [0.3, 0.4) is 0 Å². The first-order valence-corrected chi connectivity index (χ1v) is 7.06. The SMILES string of the molecule is Brc1ccc2nc(N3C[C@H]4CNC[C@H]4C3)nn2c1. The van der Waals surface area contributed by atoms with Crippen molar-refractivity contribution in [2.45, 2.75) is 0 Å². The first-order chi connectivity index (χ1) is 8.79. The summed E-state index contributed by atoms with van der Waals surface area (Å²) in [5, 5.41) is 8.02. The third kappa shape index (κ3) is 1.63. The molecule has 2 atom stereocenters. The summed E-state index contributed by atoms with van der Waals surface area (Å²) < 4.78 is 2.86. The fourth-order valence-electron chi connectivity index (χ4n) is 3.00. The fourth-order valence-corrected chi connectivity index (χ4v) is 3.33. The van der Waals surface area contributed by atoms with Crippen molar-refractivity contribution < 1.29 is 0 Å². The number of hydrogen-bond acceptors (Lipinski definition) is 4. The lowest BCUT2D eigenvalue weighted by Gasteiger charge is -2.14. The van der Waals surface area contributed by atoms with Crippen molar-refractivity contribution in [3.63, 3.8) is 0 Å². The van der Waals surface area contributed by atoms with Crippen LogP contribution in [0.4, 0.5) is 5.95 Å². The summed E-state index contributed by atoms with van der Waals surface area (Å²) in [7, 11) is 0. The van der Waals surface area contributed by atoms with Crippen LogP contribution in [-0.2, 0) is 0 Å². The van der Waals surface area contributed by atoms with Crippen LogP contribution in [0.2, 0.25) is 0 Å². The Hall–Kier alpha value is -1.14.